The van der Waals surface area contributed by atoms with Crippen LogP contribution in [0.2, 0.25) is 0 Å². The highest BCUT2D eigenvalue weighted by Gasteiger charge is 1.88. The van der Waals surface area contributed by atoms with Gasteiger partial charge < -0.3 is 5.73 Å². The van der Waals surface area contributed by atoms with E-state index < -0.39 is 0 Å². The molecule has 0 fully saturated rings. The molecule has 0 saturated heterocycles. The van der Waals surface area contributed by atoms with E-state index >= 15 is 0 Å². The summed E-state index contributed by atoms with van der Waals surface area (Å²) in [6.07, 6.45) is 0. The molecule has 0 amide bonds. The maximum atomic E-state index is 7.28. The molecule has 1 N–H and O–H groups in total. The summed E-state index contributed by atoms with van der Waals surface area (Å²) in [6.45, 7) is 4.01. The van der Waals surface area contributed by atoms with Crippen molar-refractivity contribution in [3.63, 3.8) is 0 Å². The van der Waals surface area contributed by atoms with Crippen molar-refractivity contribution in [1.29, 1.82) is 0 Å². The molecule has 1 aromatic rings. The lowest BCUT2D eigenvalue weighted by Gasteiger charge is -1.95. The van der Waals surface area contributed by atoms with Crippen molar-refractivity contribution >= 4 is 5.69 Å². The molecule has 0 aliphatic carbocycles. The molecule has 1 aromatic carbocycles. The smallest absolute Gasteiger partial charge is 0.0545 e. The third-order valence-corrected chi connectivity index (χ3v) is 1.22. The fourth-order valence-corrected chi connectivity index (χ4v) is 0.975. The Hall–Kier alpha value is -0.980. The Morgan fingerprint density at radius 2 is 1.44 bits per heavy atom. The Kier molecular flexibility index (Phi) is 1.43. The number of aryl methyl sites for hydroxylation is 2. The first-order chi connectivity index (χ1) is 4.18. The summed E-state index contributed by atoms with van der Waals surface area (Å²) < 4.78 is 0. The summed E-state index contributed by atoms with van der Waals surface area (Å²) in [5.41, 5.74) is 10.2. The van der Waals surface area contributed by atoms with Crippen LogP contribution in [-0.4, -0.2) is 0 Å². The molecule has 1 radical (unpaired) electrons. The van der Waals surface area contributed by atoms with Gasteiger partial charge in [0.25, 0.3) is 0 Å². The van der Waals surface area contributed by atoms with E-state index in [0.29, 0.717) is 5.69 Å². The fraction of sp³-hybridized carbons (Fsp3) is 0.250. The molecule has 0 aromatic heterocycles. The Morgan fingerprint density at radius 3 is 1.78 bits per heavy atom. The van der Waals surface area contributed by atoms with Gasteiger partial charge in [-0.3, -0.25) is 0 Å². The van der Waals surface area contributed by atoms with E-state index in [1.54, 1.807) is 0 Å². The molecule has 1 nitrogen and oxygen atoms in total. The van der Waals surface area contributed by atoms with Gasteiger partial charge in [0.1, 0.15) is 0 Å². The van der Waals surface area contributed by atoms with Crippen LogP contribution >= 0.6 is 0 Å². The second kappa shape index (κ2) is 2.09. The van der Waals surface area contributed by atoms with Crippen molar-refractivity contribution in [1.82, 2.24) is 5.73 Å². The van der Waals surface area contributed by atoms with E-state index in [1.807, 2.05) is 26.0 Å². The maximum Gasteiger partial charge on any atom is 0.0545 e. The molecular weight excluding hydrogens is 110 g/mol. The van der Waals surface area contributed by atoms with Gasteiger partial charge in [0, 0.05) is 0 Å². The van der Waals surface area contributed by atoms with Crippen LogP contribution in [0.15, 0.2) is 18.2 Å². The molecule has 0 aliphatic rings. The molecule has 0 atom stereocenters. The monoisotopic (exact) mass is 120 g/mol. The number of hydrogen-bond acceptors (Lipinski definition) is 0. The zero-order chi connectivity index (χ0) is 6.85. The zero-order valence-corrected chi connectivity index (χ0v) is 5.73. The Bertz CT molecular complexity index is 165. The number of hydrogen-bond donors (Lipinski definition) is 0. The van der Waals surface area contributed by atoms with E-state index in [2.05, 4.69) is 6.07 Å². The van der Waals surface area contributed by atoms with Gasteiger partial charge >= 0.3 is 0 Å². The van der Waals surface area contributed by atoms with E-state index in [9.17, 15) is 0 Å². The lowest BCUT2D eigenvalue weighted by Crippen LogP contribution is -1.76. The van der Waals surface area contributed by atoms with E-state index in [-0.39, 0.29) is 0 Å². The summed E-state index contributed by atoms with van der Waals surface area (Å²) in [4.78, 5) is 0. The van der Waals surface area contributed by atoms with Crippen LogP contribution in [0, 0.1) is 13.8 Å². The predicted molar refractivity (Wildman–Crippen MR) is 38.7 cm³/mol. The van der Waals surface area contributed by atoms with Crippen molar-refractivity contribution in [2.75, 3.05) is 0 Å². The van der Waals surface area contributed by atoms with Crippen molar-refractivity contribution < 1.29 is 0 Å². The third-order valence-electron chi connectivity index (χ3n) is 1.22. The minimum absolute atomic E-state index is 0.604. The molecule has 9 heavy (non-hydrogen) atoms. The molecular formula is C8H10N. The van der Waals surface area contributed by atoms with Gasteiger partial charge in [-0.25, -0.2) is 0 Å². The Labute approximate surface area is 55.5 Å². The summed E-state index contributed by atoms with van der Waals surface area (Å²) in [5.74, 6) is 0. The van der Waals surface area contributed by atoms with Crippen LogP contribution in [0.4, 0.5) is 5.69 Å². The lowest BCUT2D eigenvalue weighted by atomic mass is 10.1. The van der Waals surface area contributed by atoms with Crippen molar-refractivity contribution in [3.05, 3.63) is 29.3 Å². The summed E-state index contributed by atoms with van der Waals surface area (Å²) in [6, 6.07) is 5.78. The van der Waals surface area contributed by atoms with Gasteiger partial charge in [0.05, 0.1) is 5.69 Å². The summed E-state index contributed by atoms with van der Waals surface area (Å²) in [7, 11) is 0. The molecule has 0 bridgehead atoms. The molecule has 0 heterocycles. The van der Waals surface area contributed by atoms with Crippen LogP contribution in [0.3, 0.4) is 0 Å². The first-order valence-corrected chi connectivity index (χ1v) is 2.98. The average Bonchev–Trinajstić information content (AvgIpc) is 1.59. The largest absolute Gasteiger partial charge is 0.301 e. The van der Waals surface area contributed by atoms with Crippen LogP contribution in [0.25, 0.3) is 0 Å². The molecule has 47 valence electrons. The molecule has 1 heteroatoms. The lowest BCUT2D eigenvalue weighted by molar-refractivity contribution is 1.34. The first kappa shape index (κ1) is 6.14. The third kappa shape index (κ3) is 1.46. The van der Waals surface area contributed by atoms with Gasteiger partial charge in [-0.05, 0) is 37.1 Å². The van der Waals surface area contributed by atoms with E-state index in [0.717, 1.165) is 0 Å². The minimum Gasteiger partial charge on any atom is -0.301 e. The second-order valence-electron chi connectivity index (χ2n) is 2.38. The summed E-state index contributed by atoms with van der Waals surface area (Å²) >= 11 is 0. The Balaban J connectivity index is 3.17. The first-order valence-electron chi connectivity index (χ1n) is 2.98. The van der Waals surface area contributed by atoms with Crippen LogP contribution in [0.1, 0.15) is 11.1 Å². The van der Waals surface area contributed by atoms with Gasteiger partial charge in [-0.1, -0.05) is 6.07 Å². The molecule has 0 aliphatic heterocycles. The highest BCUT2D eigenvalue weighted by atomic mass is 14.5. The van der Waals surface area contributed by atoms with Crippen LogP contribution < -0.4 is 5.73 Å². The van der Waals surface area contributed by atoms with Crippen LogP contribution in [-0.2, 0) is 0 Å². The highest BCUT2D eigenvalue weighted by Crippen LogP contribution is 2.10. The summed E-state index contributed by atoms with van der Waals surface area (Å²) in [5, 5.41) is 0. The fourth-order valence-electron chi connectivity index (χ4n) is 0.975. The van der Waals surface area contributed by atoms with Crippen molar-refractivity contribution in [3.8, 4) is 0 Å². The van der Waals surface area contributed by atoms with Gasteiger partial charge in [-0.15, -0.1) is 0 Å². The van der Waals surface area contributed by atoms with Crippen molar-refractivity contribution in [2.24, 2.45) is 0 Å². The van der Waals surface area contributed by atoms with E-state index in [1.165, 1.54) is 11.1 Å². The number of rotatable bonds is 0. The number of benzene rings is 1. The minimum atomic E-state index is 0.604. The Morgan fingerprint density at radius 1 is 1.00 bits per heavy atom. The standard InChI is InChI=1S/C8H10N/c1-6-3-7(2)5-8(9)4-6/h3-5,9H,1-2H3. The molecule has 0 saturated carbocycles. The van der Waals surface area contributed by atoms with Crippen LogP contribution in [0.5, 0.6) is 0 Å². The van der Waals surface area contributed by atoms with Gasteiger partial charge in [-0.2, -0.15) is 0 Å². The predicted octanol–water partition coefficient (Wildman–Crippen LogP) is 2.22. The number of nitrogens with one attached hydrogen (secondary N) is 1. The maximum absolute atomic E-state index is 7.28. The highest BCUT2D eigenvalue weighted by molar-refractivity contribution is 5.40. The van der Waals surface area contributed by atoms with Gasteiger partial charge in [0.2, 0.25) is 0 Å². The molecule has 0 spiro atoms. The van der Waals surface area contributed by atoms with Crippen molar-refractivity contribution in [2.45, 2.75) is 13.8 Å². The average molecular weight is 120 g/mol. The van der Waals surface area contributed by atoms with E-state index in [4.69, 9.17) is 5.73 Å². The topological polar surface area (TPSA) is 23.8 Å². The second-order valence-corrected chi connectivity index (χ2v) is 2.38. The van der Waals surface area contributed by atoms with Gasteiger partial charge in [0.15, 0.2) is 0 Å². The molecule has 0 unspecified atom stereocenters. The SMILES string of the molecule is Cc1cc(C)cc([NH])c1. The quantitative estimate of drug-likeness (QED) is 0.501. The molecule has 1 rings (SSSR count). The normalized spacial score (nSPS) is 9.56. The zero-order valence-electron chi connectivity index (χ0n) is 5.73.